The molecule has 1 heterocycles. The van der Waals surface area contributed by atoms with Crippen LogP contribution in [0.25, 0.3) is 0 Å². The van der Waals surface area contributed by atoms with Gasteiger partial charge in [0.25, 0.3) is 0 Å². The van der Waals surface area contributed by atoms with Crippen molar-refractivity contribution in [3.05, 3.63) is 0 Å². The molecule has 1 aliphatic rings. The lowest BCUT2D eigenvalue weighted by molar-refractivity contribution is -0.150. The van der Waals surface area contributed by atoms with Crippen LogP contribution in [0.1, 0.15) is 26.7 Å². The van der Waals surface area contributed by atoms with E-state index < -0.39 is 5.54 Å². The fourth-order valence-corrected chi connectivity index (χ4v) is 1.12. The molecule has 2 atom stereocenters. The zero-order valence-electron chi connectivity index (χ0n) is 8.21. The predicted octanol–water partition coefficient (Wildman–Crippen LogP) is 0.446. The Labute approximate surface area is 78.4 Å². The summed E-state index contributed by atoms with van der Waals surface area (Å²) in [6, 6.07) is 0. The van der Waals surface area contributed by atoms with Gasteiger partial charge in [-0.3, -0.25) is 4.79 Å². The van der Waals surface area contributed by atoms with Gasteiger partial charge in [-0.2, -0.15) is 0 Å². The van der Waals surface area contributed by atoms with Crippen molar-refractivity contribution in [1.82, 2.24) is 0 Å². The molecular formula is C9H17NO3. The predicted molar refractivity (Wildman–Crippen MR) is 48.2 cm³/mol. The van der Waals surface area contributed by atoms with Crippen LogP contribution in [0.2, 0.25) is 0 Å². The van der Waals surface area contributed by atoms with Crippen molar-refractivity contribution in [2.45, 2.75) is 38.3 Å². The van der Waals surface area contributed by atoms with Crippen LogP contribution in [-0.2, 0) is 14.3 Å². The van der Waals surface area contributed by atoms with Gasteiger partial charge in [0.2, 0.25) is 0 Å². The Hall–Kier alpha value is -0.610. The van der Waals surface area contributed by atoms with Crippen molar-refractivity contribution in [3.63, 3.8) is 0 Å². The third-order valence-electron chi connectivity index (χ3n) is 2.04. The maximum Gasteiger partial charge on any atom is 0.325 e. The van der Waals surface area contributed by atoms with E-state index >= 15 is 0 Å². The molecule has 0 aromatic carbocycles. The van der Waals surface area contributed by atoms with Crippen LogP contribution < -0.4 is 5.73 Å². The van der Waals surface area contributed by atoms with E-state index in [9.17, 15) is 4.79 Å². The molecule has 0 bridgehead atoms. The van der Waals surface area contributed by atoms with Crippen LogP contribution in [0.4, 0.5) is 0 Å². The van der Waals surface area contributed by atoms with Crippen LogP contribution in [-0.4, -0.2) is 30.8 Å². The summed E-state index contributed by atoms with van der Waals surface area (Å²) >= 11 is 0. The molecule has 1 saturated heterocycles. The Morgan fingerprint density at radius 3 is 2.85 bits per heavy atom. The normalized spacial score (nSPS) is 25.0. The first-order valence-corrected chi connectivity index (χ1v) is 4.64. The summed E-state index contributed by atoms with van der Waals surface area (Å²) < 4.78 is 9.91. The first-order valence-electron chi connectivity index (χ1n) is 4.64. The third-order valence-corrected chi connectivity index (χ3v) is 2.04. The van der Waals surface area contributed by atoms with E-state index in [1.165, 1.54) is 0 Å². The third kappa shape index (κ3) is 3.32. The minimum atomic E-state index is -0.844. The van der Waals surface area contributed by atoms with Gasteiger partial charge >= 0.3 is 5.97 Å². The van der Waals surface area contributed by atoms with E-state index in [1.807, 2.05) is 6.92 Å². The maximum atomic E-state index is 11.4. The second-order valence-corrected chi connectivity index (χ2v) is 3.72. The van der Waals surface area contributed by atoms with Crippen molar-refractivity contribution in [3.8, 4) is 0 Å². The van der Waals surface area contributed by atoms with E-state index in [0.29, 0.717) is 19.6 Å². The lowest BCUT2D eigenvalue weighted by Gasteiger charge is -2.21. The largest absolute Gasteiger partial charge is 0.461 e. The molecule has 13 heavy (non-hydrogen) atoms. The molecule has 2 unspecified atom stereocenters. The van der Waals surface area contributed by atoms with Gasteiger partial charge in [0.1, 0.15) is 18.2 Å². The van der Waals surface area contributed by atoms with E-state index in [4.69, 9.17) is 15.2 Å². The summed E-state index contributed by atoms with van der Waals surface area (Å²) in [5.74, 6) is -0.329. The molecule has 0 amide bonds. The highest BCUT2D eigenvalue weighted by Gasteiger charge is 2.31. The zero-order valence-corrected chi connectivity index (χ0v) is 8.21. The van der Waals surface area contributed by atoms with Crippen LogP contribution in [0.5, 0.6) is 0 Å². The smallest absolute Gasteiger partial charge is 0.325 e. The van der Waals surface area contributed by atoms with Gasteiger partial charge in [0.05, 0.1) is 6.61 Å². The molecular weight excluding hydrogens is 170 g/mol. The van der Waals surface area contributed by atoms with Crippen molar-refractivity contribution in [2.75, 3.05) is 13.2 Å². The number of ether oxygens (including phenoxy) is 2. The van der Waals surface area contributed by atoms with E-state index in [-0.39, 0.29) is 12.1 Å². The molecule has 0 radical (unpaired) electrons. The average Bonchev–Trinajstić information content (AvgIpc) is 2.83. The number of carbonyl (C=O) groups excluding carboxylic acids is 1. The molecule has 0 spiro atoms. The second kappa shape index (κ2) is 4.07. The monoisotopic (exact) mass is 187 g/mol. The summed E-state index contributed by atoms with van der Waals surface area (Å²) in [6.07, 6.45) is 1.64. The van der Waals surface area contributed by atoms with Crippen molar-refractivity contribution < 1.29 is 14.3 Å². The van der Waals surface area contributed by atoms with Gasteiger partial charge in [0.15, 0.2) is 0 Å². The molecule has 0 aromatic heterocycles. The number of carbonyl (C=O) groups is 1. The molecule has 0 aliphatic carbocycles. The SMILES string of the molecule is CCCC(C)(N)C(=O)OCC1CO1. The minimum absolute atomic E-state index is 0.112. The average molecular weight is 187 g/mol. The quantitative estimate of drug-likeness (QED) is 0.501. The van der Waals surface area contributed by atoms with Crippen LogP contribution in [0, 0.1) is 0 Å². The molecule has 2 N–H and O–H groups in total. The Balaban J connectivity index is 2.26. The highest BCUT2D eigenvalue weighted by Crippen LogP contribution is 2.14. The fraction of sp³-hybridized carbons (Fsp3) is 0.889. The Bertz CT molecular complexity index is 187. The van der Waals surface area contributed by atoms with Crippen LogP contribution >= 0.6 is 0 Å². The lowest BCUT2D eigenvalue weighted by atomic mass is 9.98. The molecule has 0 saturated carbocycles. The van der Waals surface area contributed by atoms with Crippen molar-refractivity contribution in [1.29, 1.82) is 0 Å². The number of epoxide rings is 1. The Morgan fingerprint density at radius 1 is 1.77 bits per heavy atom. The number of hydrogen-bond acceptors (Lipinski definition) is 4. The molecule has 1 fully saturated rings. The van der Waals surface area contributed by atoms with Gasteiger partial charge in [-0.05, 0) is 13.3 Å². The van der Waals surface area contributed by atoms with E-state index in [1.54, 1.807) is 6.92 Å². The highest BCUT2D eigenvalue weighted by molar-refractivity contribution is 5.79. The standard InChI is InChI=1S/C9H17NO3/c1-3-4-9(2,10)8(11)13-6-7-5-12-7/h7H,3-6,10H2,1-2H3. The number of hydrogen-bond donors (Lipinski definition) is 1. The lowest BCUT2D eigenvalue weighted by Crippen LogP contribution is -2.46. The fourth-order valence-electron chi connectivity index (χ4n) is 1.12. The van der Waals surface area contributed by atoms with Gasteiger partial charge in [-0.1, -0.05) is 13.3 Å². The first kappa shape index (κ1) is 10.5. The van der Waals surface area contributed by atoms with Gasteiger partial charge < -0.3 is 15.2 Å². The minimum Gasteiger partial charge on any atom is -0.461 e. The molecule has 1 aliphatic heterocycles. The number of rotatable bonds is 5. The van der Waals surface area contributed by atoms with Gasteiger partial charge in [0, 0.05) is 0 Å². The number of nitrogens with two attached hydrogens (primary N) is 1. The molecule has 1 rings (SSSR count). The molecule has 4 nitrogen and oxygen atoms in total. The van der Waals surface area contributed by atoms with Gasteiger partial charge in [-0.15, -0.1) is 0 Å². The summed E-state index contributed by atoms with van der Waals surface area (Å²) in [5, 5.41) is 0. The number of esters is 1. The molecule has 4 heteroatoms. The summed E-state index contributed by atoms with van der Waals surface area (Å²) in [7, 11) is 0. The first-order chi connectivity index (χ1) is 6.06. The highest BCUT2D eigenvalue weighted by atomic mass is 16.6. The zero-order chi connectivity index (χ0) is 9.90. The van der Waals surface area contributed by atoms with E-state index in [0.717, 1.165) is 6.42 Å². The van der Waals surface area contributed by atoms with Gasteiger partial charge in [-0.25, -0.2) is 0 Å². The van der Waals surface area contributed by atoms with Crippen LogP contribution in [0.15, 0.2) is 0 Å². The maximum absolute atomic E-state index is 11.4. The second-order valence-electron chi connectivity index (χ2n) is 3.72. The summed E-state index contributed by atoms with van der Waals surface area (Å²) in [6.45, 7) is 4.73. The summed E-state index contributed by atoms with van der Waals surface area (Å²) in [5.41, 5.74) is 4.92. The van der Waals surface area contributed by atoms with Crippen molar-refractivity contribution in [2.24, 2.45) is 5.73 Å². The van der Waals surface area contributed by atoms with Crippen molar-refractivity contribution >= 4 is 5.97 Å². The topological polar surface area (TPSA) is 64.9 Å². The summed E-state index contributed by atoms with van der Waals surface area (Å²) in [4.78, 5) is 11.4. The molecule has 76 valence electrons. The van der Waals surface area contributed by atoms with E-state index in [2.05, 4.69) is 0 Å². The Morgan fingerprint density at radius 2 is 2.38 bits per heavy atom. The van der Waals surface area contributed by atoms with Crippen LogP contribution in [0.3, 0.4) is 0 Å². The molecule has 0 aromatic rings. The Kier molecular flexibility index (Phi) is 3.27.